The monoisotopic (exact) mass is 181 g/mol. The Morgan fingerprint density at radius 2 is 2.25 bits per heavy atom. The van der Waals surface area contributed by atoms with Crippen molar-refractivity contribution in [3.63, 3.8) is 0 Å². The van der Waals surface area contributed by atoms with E-state index >= 15 is 0 Å². The number of aryl methyl sites for hydroxylation is 1. The van der Waals surface area contributed by atoms with Crippen LogP contribution in [0.4, 0.5) is 0 Å². The molecule has 0 unspecified atom stereocenters. The van der Waals surface area contributed by atoms with Crippen molar-refractivity contribution in [2.75, 3.05) is 0 Å². The highest BCUT2D eigenvalue weighted by atomic mass is 35.5. The molecule has 0 N–H and O–H groups in total. The lowest BCUT2D eigenvalue weighted by Gasteiger charge is -2.03. The van der Waals surface area contributed by atoms with E-state index in [1.54, 1.807) is 0 Å². The summed E-state index contributed by atoms with van der Waals surface area (Å²) in [5.41, 5.74) is 1.22. The maximum Gasteiger partial charge on any atom is 0.0409 e. The maximum atomic E-state index is 5.84. The number of benzene rings is 1. The van der Waals surface area contributed by atoms with Crippen molar-refractivity contribution >= 4 is 11.6 Å². The Balaban J connectivity index is 2.52. The van der Waals surface area contributed by atoms with Gasteiger partial charge in [0.25, 0.3) is 0 Å². The van der Waals surface area contributed by atoms with Crippen LogP contribution in [-0.4, -0.2) is 0 Å². The molecule has 0 saturated heterocycles. The third kappa shape index (κ3) is 3.27. The molecule has 0 saturated carbocycles. The van der Waals surface area contributed by atoms with Crippen molar-refractivity contribution in [3.8, 4) is 0 Å². The van der Waals surface area contributed by atoms with E-state index in [0.29, 0.717) is 0 Å². The van der Waals surface area contributed by atoms with E-state index in [4.69, 9.17) is 11.6 Å². The molecular formula is C11H14Cl. The van der Waals surface area contributed by atoms with E-state index < -0.39 is 0 Å². The molecule has 0 spiro atoms. The first-order valence-electron chi connectivity index (χ1n) is 4.34. The lowest BCUT2D eigenvalue weighted by molar-refractivity contribution is 0.586. The summed E-state index contributed by atoms with van der Waals surface area (Å²) in [6.07, 6.45) is 2.29. The van der Waals surface area contributed by atoms with Gasteiger partial charge in [-0.05, 0) is 42.5 Å². The average Bonchev–Trinajstić information content (AvgIpc) is 2.01. The topological polar surface area (TPSA) is 0 Å². The molecule has 0 fully saturated rings. The second-order valence-corrected chi connectivity index (χ2v) is 3.90. The van der Waals surface area contributed by atoms with Crippen LogP contribution >= 0.6 is 11.6 Å². The van der Waals surface area contributed by atoms with Crippen molar-refractivity contribution in [2.45, 2.75) is 26.7 Å². The highest BCUT2D eigenvalue weighted by Gasteiger charge is 1.97. The normalized spacial score (nSPS) is 10.7. The number of hydrogen-bond acceptors (Lipinski definition) is 0. The van der Waals surface area contributed by atoms with Gasteiger partial charge < -0.3 is 0 Å². The van der Waals surface area contributed by atoms with Crippen LogP contribution in [0.5, 0.6) is 0 Å². The van der Waals surface area contributed by atoms with Gasteiger partial charge in [0.2, 0.25) is 0 Å². The molecule has 1 aromatic rings. The summed E-state index contributed by atoms with van der Waals surface area (Å²) in [6, 6.07) is 8.92. The Morgan fingerprint density at radius 3 is 2.83 bits per heavy atom. The Labute approximate surface area is 79.6 Å². The number of halogens is 1. The summed E-state index contributed by atoms with van der Waals surface area (Å²) < 4.78 is 0. The molecule has 1 radical (unpaired) electrons. The lowest BCUT2D eigenvalue weighted by atomic mass is 10.0. The SMILES string of the molecule is CC(C)CCc1[c]ccc(Cl)c1. The average molecular weight is 182 g/mol. The second kappa shape index (κ2) is 4.51. The smallest absolute Gasteiger partial charge is 0.0409 e. The van der Waals surface area contributed by atoms with Gasteiger partial charge in [-0.15, -0.1) is 0 Å². The molecule has 1 rings (SSSR count). The van der Waals surface area contributed by atoms with Crippen LogP contribution in [0.15, 0.2) is 18.2 Å². The Kier molecular flexibility index (Phi) is 3.61. The van der Waals surface area contributed by atoms with Crippen molar-refractivity contribution < 1.29 is 0 Å². The predicted molar refractivity (Wildman–Crippen MR) is 53.4 cm³/mol. The molecule has 0 aliphatic rings. The minimum absolute atomic E-state index is 0.748. The summed E-state index contributed by atoms with van der Waals surface area (Å²) in [4.78, 5) is 0. The van der Waals surface area contributed by atoms with Crippen molar-refractivity contribution in [3.05, 3.63) is 34.9 Å². The maximum absolute atomic E-state index is 5.84. The van der Waals surface area contributed by atoms with Gasteiger partial charge in [0, 0.05) is 5.02 Å². The van der Waals surface area contributed by atoms with Gasteiger partial charge in [-0.3, -0.25) is 0 Å². The molecule has 0 amide bonds. The van der Waals surface area contributed by atoms with Crippen molar-refractivity contribution in [1.29, 1.82) is 0 Å². The van der Waals surface area contributed by atoms with Crippen molar-refractivity contribution in [2.24, 2.45) is 5.92 Å². The van der Waals surface area contributed by atoms with Gasteiger partial charge in [-0.2, -0.15) is 0 Å². The lowest BCUT2D eigenvalue weighted by Crippen LogP contribution is -1.91. The summed E-state index contributed by atoms with van der Waals surface area (Å²) in [5, 5.41) is 0.813. The molecular weight excluding hydrogens is 168 g/mol. The van der Waals surface area contributed by atoms with E-state index in [2.05, 4.69) is 19.9 Å². The van der Waals surface area contributed by atoms with Gasteiger partial charge in [0.1, 0.15) is 0 Å². The molecule has 0 aromatic heterocycles. The molecule has 0 atom stereocenters. The minimum atomic E-state index is 0.748. The van der Waals surface area contributed by atoms with Crippen molar-refractivity contribution in [1.82, 2.24) is 0 Å². The third-order valence-corrected chi connectivity index (χ3v) is 2.05. The first-order chi connectivity index (χ1) is 5.68. The molecule has 0 heterocycles. The number of rotatable bonds is 3. The fraction of sp³-hybridized carbons (Fsp3) is 0.455. The molecule has 0 bridgehead atoms. The summed E-state index contributed by atoms with van der Waals surface area (Å²) in [6.45, 7) is 4.45. The third-order valence-electron chi connectivity index (χ3n) is 1.81. The quantitative estimate of drug-likeness (QED) is 0.667. The molecule has 1 heteroatoms. The van der Waals surface area contributed by atoms with Gasteiger partial charge in [-0.25, -0.2) is 0 Å². The molecule has 0 nitrogen and oxygen atoms in total. The van der Waals surface area contributed by atoms with E-state index in [-0.39, 0.29) is 0 Å². The van der Waals surface area contributed by atoms with Crippen LogP contribution in [0, 0.1) is 12.0 Å². The van der Waals surface area contributed by atoms with Gasteiger partial charge in [0.15, 0.2) is 0 Å². The van der Waals surface area contributed by atoms with Crippen LogP contribution < -0.4 is 0 Å². The number of hydrogen-bond donors (Lipinski definition) is 0. The fourth-order valence-electron chi connectivity index (χ4n) is 1.07. The second-order valence-electron chi connectivity index (χ2n) is 3.46. The standard InChI is InChI=1S/C11H14Cl/c1-9(2)6-7-10-4-3-5-11(12)8-10/h3,5,8-9H,6-7H2,1-2H3. The highest BCUT2D eigenvalue weighted by molar-refractivity contribution is 6.30. The Bertz CT molecular complexity index is 241. The van der Waals surface area contributed by atoms with E-state index in [0.717, 1.165) is 17.4 Å². The summed E-state index contributed by atoms with van der Waals surface area (Å²) in [5.74, 6) is 0.748. The van der Waals surface area contributed by atoms with Crippen LogP contribution in [0.3, 0.4) is 0 Å². The molecule has 12 heavy (non-hydrogen) atoms. The molecule has 0 aliphatic heterocycles. The van der Waals surface area contributed by atoms with Gasteiger partial charge >= 0.3 is 0 Å². The van der Waals surface area contributed by atoms with E-state index in [1.165, 1.54) is 12.0 Å². The minimum Gasteiger partial charge on any atom is -0.0843 e. The molecule has 65 valence electrons. The van der Waals surface area contributed by atoms with Crippen LogP contribution in [0.2, 0.25) is 5.02 Å². The predicted octanol–water partition coefficient (Wildman–Crippen LogP) is 3.73. The zero-order valence-corrected chi connectivity index (χ0v) is 8.36. The summed E-state index contributed by atoms with van der Waals surface area (Å²) >= 11 is 5.84. The van der Waals surface area contributed by atoms with Crippen LogP contribution in [0.1, 0.15) is 25.8 Å². The van der Waals surface area contributed by atoms with Crippen LogP contribution in [0.25, 0.3) is 0 Å². The zero-order chi connectivity index (χ0) is 8.97. The fourth-order valence-corrected chi connectivity index (χ4v) is 1.27. The molecule has 0 aliphatic carbocycles. The van der Waals surface area contributed by atoms with Crippen LogP contribution in [-0.2, 0) is 6.42 Å². The first-order valence-corrected chi connectivity index (χ1v) is 4.72. The highest BCUT2D eigenvalue weighted by Crippen LogP contribution is 2.13. The Morgan fingerprint density at radius 1 is 1.50 bits per heavy atom. The molecule has 1 aromatic carbocycles. The van der Waals surface area contributed by atoms with Gasteiger partial charge in [0.05, 0.1) is 0 Å². The van der Waals surface area contributed by atoms with E-state index in [1.807, 2.05) is 18.2 Å². The summed E-state index contributed by atoms with van der Waals surface area (Å²) in [7, 11) is 0. The zero-order valence-electron chi connectivity index (χ0n) is 7.60. The van der Waals surface area contributed by atoms with Gasteiger partial charge in [-0.1, -0.05) is 31.5 Å². The largest absolute Gasteiger partial charge is 0.0843 e. The Hall–Kier alpha value is -0.490. The van der Waals surface area contributed by atoms with E-state index in [9.17, 15) is 0 Å². The first kappa shape index (κ1) is 9.60.